The molecule has 0 saturated heterocycles. The second kappa shape index (κ2) is 5.61. The van der Waals surface area contributed by atoms with Crippen molar-refractivity contribution in [3.8, 4) is 0 Å². The van der Waals surface area contributed by atoms with Crippen molar-refractivity contribution in [3.05, 3.63) is 49.1 Å². The van der Waals surface area contributed by atoms with E-state index in [-0.39, 0.29) is 11.9 Å². The second-order valence-corrected chi connectivity index (χ2v) is 6.77. The second-order valence-electron chi connectivity index (χ2n) is 5.07. The Kier molecular flexibility index (Phi) is 3.97. The first-order valence-corrected chi connectivity index (χ1v) is 8.17. The number of hydrogen-bond acceptors (Lipinski definition) is 3. The average Bonchev–Trinajstić information content (AvgIpc) is 2.95. The number of halogens is 2. The maximum absolute atomic E-state index is 11.5. The molecule has 1 aliphatic rings. The molecule has 3 rings (SSSR count). The summed E-state index contributed by atoms with van der Waals surface area (Å²) in [5, 5.41) is 9.51. The number of thiophene rings is 1. The van der Waals surface area contributed by atoms with Crippen molar-refractivity contribution in [2.45, 2.75) is 19.4 Å². The molecule has 110 valence electrons. The number of carbonyl (C=O) groups excluding carboxylic acids is 1. The van der Waals surface area contributed by atoms with Gasteiger partial charge in [-0.3, -0.25) is 4.79 Å². The molecule has 3 nitrogen and oxygen atoms in total. The lowest BCUT2D eigenvalue weighted by Gasteiger charge is -2.18. The lowest BCUT2D eigenvalue weighted by molar-refractivity contribution is -0.115. The first kappa shape index (κ1) is 14.9. The molecule has 0 saturated carbocycles. The van der Waals surface area contributed by atoms with Gasteiger partial charge in [-0.2, -0.15) is 0 Å². The highest BCUT2D eigenvalue weighted by Crippen LogP contribution is 2.40. The van der Waals surface area contributed by atoms with Crippen molar-refractivity contribution >= 4 is 46.1 Å². The summed E-state index contributed by atoms with van der Waals surface area (Å²) in [5.41, 5.74) is 3.78. The van der Waals surface area contributed by atoms with Crippen LogP contribution in [0, 0.1) is 6.92 Å². The molecule has 1 aromatic carbocycles. The highest BCUT2D eigenvalue weighted by molar-refractivity contribution is 7.10. The van der Waals surface area contributed by atoms with Gasteiger partial charge in [0.2, 0.25) is 5.91 Å². The van der Waals surface area contributed by atoms with Gasteiger partial charge in [0.05, 0.1) is 17.5 Å². The monoisotopic (exact) mass is 340 g/mol. The quantitative estimate of drug-likeness (QED) is 0.880. The van der Waals surface area contributed by atoms with Gasteiger partial charge >= 0.3 is 0 Å². The lowest BCUT2D eigenvalue weighted by Crippen LogP contribution is -2.17. The molecule has 2 aromatic rings. The number of amides is 1. The summed E-state index contributed by atoms with van der Waals surface area (Å²) in [6, 6.07) is 3.72. The van der Waals surface area contributed by atoms with Gasteiger partial charge in [-0.05, 0) is 48.2 Å². The van der Waals surface area contributed by atoms with Gasteiger partial charge in [0.15, 0.2) is 0 Å². The van der Waals surface area contributed by atoms with Gasteiger partial charge in [-0.15, -0.1) is 11.3 Å². The van der Waals surface area contributed by atoms with Crippen LogP contribution in [0.2, 0.25) is 10.0 Å². The van der Waals surface area contributed by atoms with Crippen LogP contribution in [-0.2, 0) is 11.2 Å². The van der Waals surface area contributed by atoms with Crippen molar-refractivity contribution < 1.29 is 4.79 Å². The Morgan fingerprint density at radius 1 is 1.38 bits per heavy atom. The van der Waals surface area contributed by atoms with Gasteiger partial charge in [-0.1, -0.05) is 23.2 Å². The van der Waals surface area contributed by atoms with Gasteiger partial charge in [0.1, 0.15) is 0 Å². The van der Waals surface area contributed by atoms with Crippen LogP contribution in [-0.4, -0.2) is 13.0 Å². The molecule has 0 radical (unpaired) electrons. The van der Waals surface area contributed by atoms with E-state index in [1.807, 2.05) is 31.5 Å². The van der Waals surface area contributed by atoms with Crippen LogP contribution in [0.3, 0.4) is 0 Å². The minimum atomic E-state index is -0.0790. The first-order chi connectivity index (χ1) is 10.0. The number of rotatable bonds is 3. The van der Waals surface area contributed by atoms with Crippen molar-refractivity contribution in [2.24, 2.45) is 0 Å². The van der Waals surface area contributed by atoms with E-state index in [9.17, 15) is 4.79 Å². The van der Waals surface area contributed by atoms with Gasteiger partial charge < -0.3 is 10.6 Å². The molecule has 0 spiro atoms. The minimum Gasteiger partial charge on any atom is -0.325 e. The summed E-state index contributed by atoms with van der Waals surface area (Å²) in [5.74, 6) is 0.00391. The summed E-state index contributed by atoms with van der Waals surface area (Å²) in [6.07, 6.45) is 0.396. The molecular weight excluding hydrogens is 327 g/mol. The highest BCUT2D eigenvalue weighted by atomic mass is 35.5. The molecule has 2 heterocycles. The number of anilines is 1. The number of aryl methyl sites for hydroxylation is 1. The SMILES string of the molecule is CNC(c1cc2c(cc1Cl)NC(=O)C2)c1scc(C)c1Cl. The van der Waals surface area contributed by atoms with Crippen molar-refractivity contribution in [3.63, 3.8) is 0 Å². The Labute approximate surface area is 137 Å². The first-order valence-electron chi connectivity index (χ1n) is 6.54. The number of carbonyl (C=O) groups is 1. The number of hydrogen-bond donors (Lipinski definition) is 2. The van der Waals surface area contributed by atoms with Crippen LogP contribution in [0.4, 0.5) is 5.69 Å². The Morgan fingerprint density at radius 3 is 2.76 bits per heavy atom. The third kappa shape index (κ3) is 2.57. The van der Waals surface area contributed by atoms with E-state index in [1.165, 1.54) is 0 Å². The van der Waals surface area contributed by atoms with E-state index in [4.69, 9.17) is 23.2 Å². The Hall–Kier alpha value is -1.07. The number of benzene rings is 1. The molecule has 21 heavy (non-hydrogen) atoms. The van der Waals surface area contributed by atoms with E-state index in [1.54, 1.807) is 11.3 Å². The van der Waals surface area contributed by atoms with E-state index in [2.05, 4.69) is 10.6 Å². The smallest absolute Gasteiger partial charge is 0.228 e. The Bertz CT molecular complexity index is 727. The third-order valence-electron chi connectivity index (χ3n) is 3.63. The molecule has 1 amide bonds. The fraction of sp³-hybridized carbons (Fsp3) is 0.267. The van der Waals surface area contributed by atoms with Crippen LogP contribution < -0.4 is 10.6 Å². The van der Waals surface area contributed by atoms with Crippen LogP contribution in [0.15, 0.2) is 17.5 Å². The van der Waals surface area contributed by atoms with Crippen LogP contribution in [0.25, 0.3) is 0 Å². The molecule has 1 unspecified atom stereocenters. The Balaban J connectivity index is 2.08. The van der Waals surface area contributed by atoms with Gasteiger partial charge in [0, 0.05) is 15.6 Å². The zero-order chi connectivity index (χ0) is 15.1. The molecule has 0 aliphatic carbocycles. The molecule has 1 atom stereocenters. The van der Waals surface area contributed by atoms with Crippen LogP contribution in [0.1, 0.15) is 27.6 Å². The highest BCUT2D eigenvalue weighted by Gasteiger charge is 2.25. The van der Waals surface area contributed by atoms with E-state index in [0.29, 0.717) is 11.4 Å². The van der Waals surface area contributed by atoms with Crippen LogP contribution >= 0.6 is 34.5 Å². The minimum absolute atomic E-state index is 0.00391. The predicted octanol–water partition coefficient (Wildman–Crippen LogP) is 4.17. The van der Waals surface area contributed by atoms with E-state index < -0.39 is 0 Å². The van der Waals surface area contributed by atoms with Gasteiger partial charge in [0.25, 0.3) is 0 Å². The normalized spacial score (nSPS) is 15.0. The average molecular weight is 341 g/mol. The number of nitrogens with one attached hydrogen (secondary N) is 2. The summed E-state index contributed by atoms with van der Waals surface area (Å²) >= 11 is 14.4. The molecule has 0 bridgehead atoms. The number of fused-ring (bicyclic) bond motifs is 1. The fourth-order valence-electron chi connectivity index (χ4n) is 2.56. The summed E-state index contributed by atoms with van der Waals surface area (Å²) in [4.78, 5) is 12.5. The topological polar surface area (TPSA) is 41.1 Å². The standard InChI is InChI=1S/C15H14Cl2N2OS/c1-7-6-21-15(13(7)17)14(18-2)9-3-8-4-12(20)19-11(8)5-10(9)16/h3,5-6,14,18H,4H2,1-2H3,(H,19,20). The molecule has 1 aromatic heterocycles. The molecule has 2 N–H and O–H groups in total. The van der Waals surface area contributed by atoms with Gasteiger partial charge in [-0.25, -0.2) is 0 Å². The lowest BCUT2D eigenvalue weighted by atomic mass is 10.0. The fourth-order valence-corrected chi connectivity index (χ4v) is 4.26. The van der Waals surface area contributed by atoms with Crippen molar-refractivity contribution in [1.82, 2.24) is 5.32 Å². The van der Waals surface area contributed by atoms with E-state index >= 15 is 0 Å². The Morgan fingerprint density at radius 2 is 2.14 bits per heavy atom. The zero-order valence-corrected chi connectivity index (χ0v) is 13.9. The zero-order valence-electron chi connectivity index (χ0n) is 11.6. The van der Waals surface area contributed by atoms with Crippen molar-refractivity contribution in [2.75, 3.05) is 12.4 Å². The summed E-state index contributed by atoms with van der Waals surface area (Å²) in [7, 11) is 1.88. The van der Waals surface area contributed by atoms with Crippen LogP contribution in [0.5, 0.6) is 0 Å². The molecule has 1 aliphatic heterocycles. The maximum Gasteiger partial charge on any atom is 0.228 e. The van der Waals surface area contributed by atoms with Crippen molar-refractivity contribution in [1.29, 1.82) is 0 Å². The predicted molar refractivity (Wildman–Crippen MR) is 88.8 cm³/mol. The molecule has 6 heteroatoms. The summed E-state index contributed by atoms with van der Waals surface area (Å²) in [6.45, 7) is 1.99. The molecule has 0 fully saturated rings. The summed E-state index contributed by atoms with van der Waals surface area (Å²) < 4.78 is 0. The largest absolute Gasteiger partial charge is 0.325 e. The molecular formula is C15H14Cl2N2OS. The maximum atomic E-state index is 11.5. The third-order valence-corrected chi connectivity index (χ3v) is 5.74. The van der Waals surface area contributed by atoms with E-state index in [0.717, 1.165) is 32.3 Å².